The Balaban J connectivity index is 1.94. The average molecular weight is 327 g/mol. The summed E-state index contributed by atoms with van der Waals surface area (Å²) in [4.78, 5) is 2.48. The van der Waals surface area contributed by atoms with Gasteiger partial charge in [-0.15, -0.1) is 0 Å². The Morgan fingerprint density at radius 3 is 2.95 bits per heavy atom. The van der Waals surface area contributed by atoms with Crippen LogP contribution in [-0.2, 0) is 11.3 Å². The summed E-state index contributed by atoms with van der Waals surface area (Å²) in [6, 6.07) is 9.09. The number of halogens is 1. The number of ether oxygens (including phenoxy) is 1. The maximum absolute atomic E-state index is 5.23. The second kappa shape index (κ2) is 8.00. The van der Waals surface area contributed by atoms with Gasteiger partial charge in [0.25, 0.3) is 0 Å². The van der Waals surface area contributed by atoms with E-state index in [0.717, 1.165) is 32.8 Å². The fraction of sp³-hybridized carbons (Fsp3) is 0.600. The topological polar surface area (TPSA) is 24.5 Å². The third kappa shape index (κ3) is 4.88. The van der Waals surface area contributed by atoms with E-state index in [2.05, 4.69) is 50.4 Å². The maximum Gasteiger partial charge on any atom is 0.0589 e. The van der Waals surface area contributed by atoms with Gasteiger partial charge in [-0.25, -0.2) is 0 Å². The summed E-state index contributed by atoms with van der Waals surface area (Å²) in [5, 5.41) is 3.57. The number of nitrogens with one attached hydrogen (secondary N) is 1. The van der Waals surface area contributed by atoms with Gasteiger partial charge in [0.1, 0.15) is 0 Å². The zero-order valence-corrected chi connectivity index (χ0v) is 13.2. The lowest BCUT2D eigenvalue weighted by Gasteiger charge is -2.26. The standard InChI is InChI=1S/C15H23BrN2O/c1-19-10-9-18(12-14-6-4-8-17-14)11-13-5-2-3-7-15(13)16/h2-3,5,7,14,17H,4,6,8-12H2,1H3. The molecule has 1 N–H and O–H groups in total. The predicted molar refractivity (Wildman–Crippen MR) is 82.3 cm³/mol. The number of nitrogens with zero attached hydrogens (tertiary/aromatic N) is 1. The molecule has 0 aromatic heterocycles. The summed E-state index contributed by atoms with van der Waals surface area (Å²) < 4.78 is 6.42. The van der Waals surface area contributed by atoms with Crippen molar-refractivity contribution in [2.75, 3.05) is 33.4 Å². The molecule has 0 aliphatic carbocycles. The number of rotatable bonds is 7. The molecule has 1 aromatic rings. The molecular weight excluding hydrogens is 304 g/mol. The summed E-state index contributed by atoms with van der Waals surface area (Å²) in [7, 11) is 1.77. The molecule has 1 atom stereocenters. The summed E-state index contributed by atoms with van der Waals surface area (Å²) >= 11 is 3.63. The van der Waals surface area contributed by atoms with E-state index >= 15 is 0 Å². The molecule has 0 bridgehead atoms. The zero-order chi connectivity index (χ0) is 13.5. The van der Waals surface area contributed by atoms with Gasteiger partial charge in [0, 0.05) is 37.3 Å². The Labute approximate surface area is 124 Å². The highest BCUT2D eigenvalue weighted by Gasteiger charge is 2.18. The molecule has 1 heterocycles. The first-order valence-corrected chi connectivity index (χ1v) is 7.77. The van der Waals surface area contributed by atoms with Crippen LogP contribution in [0, 0.1) is 0 Å². The van der Waals surface area contributed by atoms with Crippen LogP contribution in [0.1, 0.15) is 18.4 Å². The molecule has 19 heavy (non-hydrogen) atoms. The summed E-state index contributed by atoms with van der Waals surface area (Å²) in [6.07, 6.45) is 2.59. The molecule has 4 heteroatoms. The van der Waals surface area contributed by atoms with Gasteiger partial charge in [-0.05, 0) is 31.0 Å². The van der Waals surface area contributed by atoms with Crippen LogP contribution in [0.3, 0.4) is 0 Å². The minimum Gasteiger partial charge on any atom is -0.383 e. The molecule has 1 aromatic carbocycles. The van der Waals surface area contributed by atoms with Crippen LogP contribution in [-0.4, -0.2) is 44.3 Å². The highest BCUT2D eigenvalue weighted by atomic mass is 79.9. The molecule has 1 fully saturated rings. The van der Waals surface area contributed by atoms with Crippen molar-refractivity contribution in [2.45, 2.75) is 25.4 Å². The van der Waals surface area contributed by atoms with E-state index in [-0.39, 0.29) is 0 Å². The fourth-order valence-electron chi connectivity index (χ4n) is 2.55. The first-order valence-electron chi connectivity index (χ1n) is 6.97. The van der Waals surface area contributed by atoms with Gasteiger partial charge in [0.05, 0.1) is 6.61 Å². The third-order valence-electron chi connectivity index (χ3n) is 3.60. The molecule has 3 nitrogen and oxygen atoms in total. The van der Waals surface area contributed by atoms with Crippen molar-refractivity contribution >= 4 is 15.9 Å². The van der Waals surface area contributed by atoms with Crippen LogP contribution in [0.4, 0.5) is 0 Å². The van der Waals surface area contributed by atoms with Gasteiger partial charge >= 0.3 is 0 Å². The van der Waals surface area contributed by atoms with E-state index < -0.39 is 0 Å². The van der Waals surface area contributed by atoms with Gasteiger partial charge < -0.3 is 10.1 Å². The van der Waals surface area contributed by atoms with Crippen molar-refractivity contribution < 1.29 is 4.74 Å². The lowest BCUT2D eigenvalue weighted by molar-refractivity contribution is 0.138. The van der Waals surface area contributed by atoms with E-state index in [1.807, 2.05) is 0 Å². The van der Waals surface area contributed by atoms with Crippen molar-refractivity contribution in [3.8, 4) is 0 Å². The minimum absolute atomic E-state index is 0.638. The zero-order valence-electron chi connectivity index (χ0n) is 11.6. The number of methoxy groups -OCH3 is 1. The summed E-state index contributed by atoms with van der Waals surface area (Å²) in [6.45, 7) is 5.01. The van der Waals surface area contributed by atoms with Gasteiger partial charge in [-0.3, -0.25) is 4.90 Å². The smallest absolute Gasteiger partial charge is 0.0589 e. The Morgan fingerprint density at radius 1 is 1.42 bits per heavy atom. The first-order chi connectivity index (χ1) is 9.29. The van der Waals surface area contributed by atoms with Crippen molar-refractivity contribution in [1.82, 2.24) is 10.2 Å². The van der Waals surface area contributed by atoms with Crippen molar-refractivity contribution in [3.05, 3.63) is 34.3 Å². The predicted octanol–water partition coefficient (Wildman–Crippen LogP) is 2.65. The first kappa shape index (κ1) is 15.0. The number of benzene rings is 1. The minimum atomic E-state index is 0.638. The second-order valence-electron chi connectivity index (χ2n) is 5.11. The molecule has 0 saturated carbocycles. The van der Waals surface area contributed by atoms with Gasteiger partial charge in [0.15, 0.2) is 0 Å². The fourth-order valence-corrected chi connectivity index (χ4v) is 2.96. The maximum atomic E-state index is 5.23. The molecule has 1 unspecified atom stereocenters. The summed E-state index contributed by atoms with van der Waals surface area (Å²) in [5.41, 5.74) is 1.34. The molecule has 1 aliphatic heterocycles. The second-order valence-corrected chi connectivity index (χ2v) is 5.97. The average Bonchev–Trinajstić information content (AvgIpc) is 2.91. The van der Waals surface area contributed by atoms with Gasteiger partial charge in [-0.1, -0.05) is 34.1 Å². The molecule has 106 valence electrons. The number of hydrogen-bond donors (Lipinski definition) is 1. The highest BCUT2D eigenvalue weighted by Crippen LogP contribution is 2.18. The SMILES string of the molecule is COCCN(Cc1ccccc1Br)CC1CCCN1. The molecule has 1 aliphatic rings. The Hall–Kier alpha value is -0.420. The highest BCUT2D eigenvalue weighted by molar-refractivity contribution is 9.10. The Kier molecular flexibility index (Phi) is 6.31. The van der Waals surface area contributed by atoms with Crippen LogP contribution in [0.2, 0.25) is 0 Å². The molecule has 0 spiro atoms. The molecule has 1 saturated heterocycles. The van der Waals surface area contributed by atoms with Crippen LogP contribution >= 0.6 is 15.9 Å². The molecule has 0 amide bonds. The monoisotopic (exact) mass is 326 g/mol. The van der Waals surface area contributed by atoms with E-state index in [1.165, 1.54) is 22.9 Å². The normalized spacial score (nSPS) is 19.2. The Bertz CT molecular complexity index is 380. The van der Waals surface area contributed by atoms with Crippen molar-refractivity contribution in [3.63, 3.8) is 0 Å². The van der Waals surface area contributed by atoms with Crippen LogP contribution in [0.5, 0.6) is 0 Å². The van der Waals surface area contributed by atoms with E-state index in [4.69, 9.17) is 4.74 Å². The third-order valence-corrected chi connectivity index (χ3v) is 4.38. The molecule has 0 radical (unpaired) electrons. The largest absolute Gasteiger partial charge is 0.383 e. The summed E-state index contributed by atoms with van der Waals surface area (Å²) in [5.74, 6) is 0. The van der Waals surface area contributed by atoms with Crippen molar-refractivity contribution in [2.24, 2.45) is 0 Å². The van der Waals surface area contributed by atoms with Crippen molar-refractivity contribution in [1.29, 1.82) is 0 Å². The van der Waals surface area contributed by atoms with Crippen LogP contribution < -0.4 is 5.32 Å². The van der Waals surface area contributed by atoms with Crippen LogP contribution in [0.25, 0.3) is 0 Å². The van der Waals surface area contributed by atoms with E-state index in [1.54, 1.807) is 7.11 Å². The van der Waals surface area contributed by atoms with Gasteiger partial charge in [-0.2, -0.15) is 0 Å². The van der Waals surface area contributed by atoms with E-state index in [9.17, 15) is 0 Å². The quantitative estimate of drug-likeness (QED) is 0.833. The van der Waals surface area contributed by atoms with Crippen LogP contribution in [0.15, 0.2) is 28.7 Å². The number of hydrogen-bond acceptors (Lipinski definition) is 3. The van der Waals surface area contributed by atoms with Gasteiger partial charge in [0.2, 0.25) is 0 Å². The Morgan fingerprint density at radius 2 is 2.26 bits per heavy atom. The lowest BCUT2D eigenvalue weighted by atomic mass is 10.1. The molecular formula is C15H23BrN2O. The van der Waals surface area contributed by atoms with E-state index in [0.29, 0.717) is 6.04 Å². The molecule has 2 rings (SSSR count). The lowest BCUT2D eigenvalue weighted by Crippen LogP contribution is -2.38.